The highest BCUT2D eigenvalue weighted by atomic mass is 35.5. The number of thioether (sulfide) groups is 1. The Bertz CT molecular complexity index is 1180. The Morgan fingerprint density at radius 1 is 1.18 bits per heavy atom. The standard InChI is InChI=1S/C23H21ClN4O4S/c1-14-4-6-16(7-5-14)31-8-3-9-32-20-18(24)11-15(12-19(20)30-2)10-17-21(25)28-23(27-22(17)29)33-13-26-28/h4-7,10-13,25H,3,8-9H2,1-2H3. The number of carbonyl (C=O) groups is 1. The molecular weight excluding hydrogens is 464 g/mol. The van der Waals surface area contributed by atoms with E-state index < -0.39 is 5.91 Å². The summed E-state index contributed by atoms with van der Waals surface area (Å²) in [6.07, 6.45) is 2.19. The molecule has 0 saturated heterocycles. The fourth-order valence-corrected chi connectivity index (χ4v) is 4.01. The van der Waals surface area contributed by atoms with Crippen LogP contribution in [0.25, 0.3) is 6.08 Å². The molecular formula is C23H21ClN4O4S. The van der Waals surface area contributed by atoms with Crippen molar-refractivity contribution in [3.63, 3.8) is 0 Å². The zero-order valence-electron chi connectivity index (χ0n) is 18.0. The predicted octanol–water partition coefficient (Wildman–Crippen LogP) is 4.75. The molecule has 0 fully saturated rings. The van der Waals surface area contributed by atoms with E-state index in [0.29, 0.717) is 46.9 Å². The van der Waals surface area contributed by atoms with Crippen molar-refractivity contribution < 1.29 is 19.0 Å². The predicted molar refractivity (Wildman–Crippen MR) is 131 cm³/mol. The first kappa shape index (κ1) is 22.9. The summed E-state index contributed by atoms with van der Waals surface area (Å²) < 4.78 is 17.0. The number of carbonyl (C=O) groups excluding carboxylic acids is 1. The second-order valence-corrected chi connectivity index (χ2v) is 8.37. The second kappa shape index (κ2) is 10.1. The third-order valence-corrected chi connectivity index (χ3v) is 5.74. The van der Waals surface area contributed by atoms with Gasteiger partial charge in [0.1, 0.15) is 5.75 Å². The molecule has 2 aromatic carbocycles. The van der Waals surface area contributed by atoms with E-state index in [9.17, 15) is 4.79 Å². The molecule has 1 amide bonds. The second-order valence-electron chi connectivity index (χ2n) is 7.15. The van der Waals surface area contributed by atoms with Crippen LogP contribution in [0.3, 0.4) is 0 Å². The molecule has 33 heavy (non-hydrogen) atoms. The SMILES string of the molecule is COc1cc(C=C2C(=N)N3N=CSC3=NC2=O)cc(Cl)c1OCCCOc1ccc(C)cc1. The van der Waals surface area contributed by atoms with Gasteiger partial charge in [-0.2, -0.15) is 15.1 Å². The van der Waals surface area contributed by atoms with Gasteiger partial charge in [-0.15, -0.1) is 0 Å². The highest BCUT2D eigenvalue weighted by molar-refractivity contribution is 8.25. The average molecular weight is 485 g/mol. The highest BCUT2D eigenvalue weighted by Gasteiger charge is 2.32. The topological polar surface area (TPSA) is 96.6 Å². The lowest BCUT2D eigenvalue weighted by Gasteiger charge is -2.20. The van der Waals surface area contributed by atoms with E-state index in [1.807, 2.05) is 31.2 Å². The van der Waals surface area contributed by atoms with Gasteiger partial charge < -0.3 is 14.2 Å². The molecule has 10 heteroatoms. The third-order valence-electron chi connectivity index (χ3n) is 4.78. The molecule has 8 nitrogen and oxygen atoms in total. The van der Waals surface area contributed by atoms with E-state index in [-0.39, 0.29) is 11.4 Å². The van der Waals surface area contributed by atoms with Gasteiger partial charge in [0.2, 0.25) is 0 Å². The van der Waals surface area contributed by atoms with E-state index in [1.54, 1.807) is 12.1 Å². The summed E-state index contributed by atoms with van der Waals surface area (Å²) >= 11 is 7.64. The zero-order valence-corrected chi connectivity index (χ0v) is 19.6. The van der Waals surface area contributed by atoms with Crippen LogP contribution in [0.2, 0.25) is 5.02 Å². The first-order valence-electron chi connectivity index (χ1n) is 10.1. The van der Waals surface area contributed by atoms with Crippen LogP contribution in [-0.2, 0) is 4.79 Å². The van der Waals surface area contributed by atoms with Gasteiger partial charge in [0.05, 0.1) is 36.5 Å². The lowest BCUT2D eigenvalue weighted by Crippen LogP contribution is -2.35. The Morgan fingerprint density at radius 3 is 2.70 bits per heavy atom. The molecule has 0 saturated carbocycles. The maximum atomic E-state index is 12.4. The number of nitrogens with zero attached hydrogens (tertiary/aromatic N) is 3. The van der Waals surface area contributed by atoms with Gasteiger partial charge in [-0.05, 0) is 54.6 Å². The van der Waals surface area contributed by atoms with Gasteiger partial charge in [-0.1, -0.05) is 29.3 Å². The molecule has 2 aromatic rings. The molecule has 0 aliphatic carbocycles. The summed E-state index contributed by atoms with van der Waals surface area (Å²) in [4.78, 5) is 16.4. The minimum atomic E-state index is -0.506. The van der Waals surface area contributed by atoms with Crippen molar-refractivity contribution in [2.45, 2.75) is 13.3 Å². The average Bonchev–Trinajstić information content (AvgIpc) is 3.27. The number of methoxy groups -OCH3 is 1. The number of aryl methyl sites for hydroxylation is 1. The summed E-state index contributed by atoms with van der Waals surface area (Å²) in [6.45, 7) is 2.91. The van der Waals surface area contributed by atoms with Crippen LogP contribution in [0.1, 0.15) is 17.5 Å². The number of hydrogen-bond donors (Lipinski definition) is 1. The molecule has 170 valence electrons. The first-order valence-corrected chi connectivity index (χ1v) is 11.3. The van der Waals surface area contributed by atoms with Gasteiger partial charge in [0.25, 0.3) is 5.91 Å². The quantitative estimate of drug-likeness (QED) is 0.429. The number of ether oxygens (including phenoxy) is 3. The first-order chi connectivity index (χ1) is 16.0. The van der Waals surface area contributed by atoms with E-state index in [4.69, 9.17) is 31.2 Å². The number of benzene rings is 2. The number of hydrogen-bond acceptors (Lipinski definition) is 7. The number of nitrogens with one attached hydrogen (secondary N) is 1. The monoisotopic (exact) mass is 484 g/mol. The molecule has 0 atom stereocenters. The zero-order chi connectivity index (χ0) is 23.4. The largest absolute Gasteiger partial charge is 0.493 e. The molecule has 0 aromatic heterocycles. The molecule has 1 N–H and O–H groups in total. The third kappa shape index (κ3) is 5.20. The van der Waals surface area contributed by atoms with E-state index in [0.717, 1.165) is 5.75 Å². The van der Waals surface area contributed by atoms with Crippen LogP contribution in [0.4, 0.5) is 0 Å². The molecule has 2 aliphatic rings. The molecule has 0 bridgehead atoms. The number of aliphatic imine (C=N–C) groups is 1. The summed E-state index contributed by atoms with van der Waals surface area (Å²) in [7, 11) is 1.51. The number of amides is 1. The van der Waals surface area contributed by atoms with Gasteiger partial charge in [-0.25, -0.2) is 0 Å². The molecule has 2 aliphatic heterocycles. The Hall–Kier alpha value is -3.30. The minimum absolute atomic E-state index is 0.0461. The number of amidine groups is 2. The molecule has 0 spiro atoms. The Balaban J connectivity index is 1.42. The van der Waals surface area contributed by atoms with Crippen molar-refractivity contribution in [1.29, 1.82) is 5.41 Å². The van der Waals surface area contributed by atoms with Gasteiger partial charge in [0, 0.05) is 6.42 Å². The van der Waals surface area contributed by atoms with Crippen LogP contribution in [0, 0.1) is 12.3 Å². The smallest absolute Gasteiger partial charge is 0.283 e. The van der Waals surface area contributed by atoms with Crippen molar-refractivity contribution in [3.8, 4) is 17.2 Å². The normalized spacial score (nSPS) is 16.2. The highest BCUT2D eigenvalue weighted by Crippen LogP contribution is 2.37. The number of halogens is 1. The van der Waals surface area contributed by atoms with Crippen molar-refractivity contribution in [1.82, 2.24) is 5.01 Å². The number of hydrazone groups is 1. The Kier molecular flexibility index (Phi) is 7.00. The van der Waals surface area contributed by atoms with Gasteiger partial charge in [-0.3, -0.25) is 10.2 Å². The van der Waals surface area contributed by atoms with Crippen molar-refractivity contribution in [3.05, 3.63) is 58.1 Å². The van der Waals surface area contributed by atoms with Crippen LogP contribution in [0.5, 0.6) is 17.2 Å². The summed E-state index contributed by atoms with van der Waals surface area (Å²) in [5, 5.41) is 14.3. The van der Waals surface area contributed by atoms with Crippen LogP contribution < -0.4 is 14.2 Å². The van der Waals surface area contributed by atoms with E-state index in [2.05, 4.69) is 10.1 Å². The van der Waals surface area contributed by atoms with Crippen LogP contribution in [0.15, 0.2) is 52.1 Å². The summed E-state index contributed by atoms with van der Waals surface area (Å²) in [6, 6.07) is 11.2. The molecule has 2 heterocycles. The van der Waals surface area contributed by atoms with Crippen LogP contribution in [-0.4, -0.2) is 47.8 Å². The molecule has 0 radical (unpaired) electrons. The van der Waals surface area contributed by atoms with E-state index in [1.165, 1.54) is 41.1 Å². The Labute approximate surface area is 200 Å². The summed E-state index contributed by atoms with van der Waals surface area (Å²) in [5.41, 5.74) is 3.40. The molecule has 4 rings (SSSR count). The van der Waals surface area contributed by atoms with Crippen molar-refractivity contribution in [2.75, 3.05) is 20.3 Å². The van der Waals surface area contributed by atoms with Crippen molar-refractivity contribution in [2.24, 2.45) is 10.1 Å². The summed E-state index contributed by atoms with van der Waals surface area (Å²) in [5.74, 6) is 1.08. The molecule has 0 unspecified atom stereocenters. The number of rotatable bonds is 8. The minimum Gasteiger partial charge on any atom is -0.493 e. The fourth-order valence-electron chi connectivity index (χ4n) is 3.12. The lowest BCUT2D eigenvalue weighted by molar-refractivity contribution is -0.114. The maximum Gasteiger partial charge on any atom is 0.283 e. The van der Waals surface area contributed by atoms with Gasteiger partial charge >= 0.3 is 0 Å². The fraction of sp³-hybridized carbons (Fsp3) is 0.217. The number of fused-ring (bicyclic) bond motifs is 1. The van der Waals surface area contributed by atoms with Gasteiger partial charge in [0.15, 0.2) is 22.5 Å². The lowest BCUT2D eigenvalue weighted by atomic mass is 10.1. The van der Waals surface area contributed by atoms with Crippen LogP contribution >= 0.6 is 23.4 Å². The Morgan fingerprint density at radius 2 is 1.94 bits per heavy atom. The maximum absolute atomic E-state index is 12.4. The van der Waals surface area contributed by atoms with E-state index >= 15 is 0 Å². The van der Waals surface area contributed by atoms with Crippen molar-refractivity contribution >= 4 is 51.9 Å².